The normalized spacial score (nSPS) is 12.6. The molecule has 1 unspecified atom stereocenters. The molecular weight excluding hydrogens is 314 g/mol. The van der Waals surface area contributed by atoms with Crippen LogP contribution in [0.5, 0.6) is 0 Å². The van der Waals surface area contributed by atoms with Crippen molar-refractivity contribution in [1.29, 1.82) is 0 Å². The van der Waals surface area contributed by atoms with Gasteiger partial charge >= 0.3 is 0 Å². The second-order valence-electron chi connectivity index (χ2n) is 5.31. The van der Waals surface area contributed by atoms with Crippen LogP contribution < -0.4 is 5.73 Å². The van der Waals surface area contributed by atoms with Gasteiger partial charge in [-0.2, -0.15) is 5.10 Å². The molecule has 0 amide bonds. The highest BCUT2D eigenvalue weighted by molar-refractivity contribution is 9.10. The molecule has 1 atom stereocenters. The molecule has 3 nitrogen and oxygen atoms in total. The molecular formula is C16H22BrN3. The van der Waals surface area contributed by atoms with Crippen molar-refractivity contribution in [2.75, 3.05) is 0 Å². The quantitative estimate of drug-likeness (QED) is 0.879. The van der Waals surface area contributed by atoms with E-state index in [1.807, 2.05) is 18.7 Å². The lowest BCUT2D eigenvalue weighted by Crippen LogP contribution is -2.24. The number of aromatic nitrogens is 2. The van der Waals surface area contributed by atoms with Gasteiger partial charge in [-0.05, 0) is 47.7 Å². The fourth-order valence-corrected chi connectivity index (χ4v) is 2.96. The average molecular weight is 336 g/mol. The van der Waals surface area contributed by atoms with Crippen LogP contribution in [0.25, 0.3) is 0 Å². The molecule has 20 heavy (non-hydrogen) atoms. The standard InChI is InChI=1S/C16H22BrN3/c1-12-16(17)15(20(2)19-12)11-14(18)10-6-9-13-7-4-3-5-8-13/h3-5,7-8,14H,6,9-11,18H2,1-2H3. The molecule has 1 aromatic carbocycles. The summed E-state index contributed by atoms with van der Waals surface area (Å²) in [6.07, 6.45) is 4.12. The minimum atomic E-state index is 0.185. The maximum absolute atomic E-state index is 6.25. The van der Waals surface area contributed by atoms with Gasteiger partial charge in [0.15, 0.2) is 0 Å². The van der Waals surface area contributed by atoms with Crippen molar-refractivity contribution in [1.82, 2.24) is 9.78 Å². The third-order valence-corrected chi connectivity index (χ3v) is 4.63. The summed E-state index contributed by atoms with van der Waals surface area (Å²) in [7, 11) is 1.98. The van der Waals surface area contributed by atoms with E-state index in [-0.39, 0.29) is 6.04 Å². The number of nitrogens with zero attached hydrogens (tertiary/aromatic N) is 2. The second-order valence-corrected chi connectivity index (χ2v) is 6.10. The molecule has 108 valence electrons. The molecule has 4 heteroatoms. The fraction of sp³-hybridized carbons (Fsp3) is 0.438. The Hall–Kier alpha value is -1.13. The van der Waals surface area contributed by atoms with E-state index in [4.69, 9.17) is 5.73 Å². The fourth-order valence-electron chi connectivity index (χ4n) is 2.47. The van der Waals surface area contributed by atoms with Gasteiger partial charge in [0.05, 0.1) is 15.9 Å². The van der Waals surface area contributed by atoms with Gasteiger partial charge in [-0.15, -0.1) is 0 Å². The van der Waals surface area contributed by atoms with E-state index in [1.54, 1.807) is 0 Å². The van der Waals surface area contributed by atoms with Crippen LogP contribution in [0.15, 0.2) is 34.8 Å². The molecule has 2 aromatic rings. The zero-order valence-electron chi connectivity index (χ0n) is 12.1. The summed E-state index contributed by atoms with van der Waals surface area (Å²) in [4.78, 5) is 0. The minimum absolute atomic E-state index is 0.185. The number of hydrogen-bond donors (Lipinski definition) is 1. The van der Waals surface area contributed by atoms with E-state index in [2.05, 4.69) is 51.4 Å². The van der Waals surface area contributed by atoms with Crippen molar-refractivity contribution >= 4 is 15.9 Å². The number of benzene rings is 1. The molecule has 0 fully saturated rings. The summed E-state index contributed by atoms with van der Waals surface area (Å²) in [6.45, 7) is 2.01. The lowest BCUT2D eigenvalue weighted by Gasteiger charge is -2.12. The second kappa shape index (κ2) is 7.04. The van der Waals surface area contributed by atoms with Gasteiger partial charge in [0, 0.05) is 19.5 Å². The van der Waals surface area contributed by atoms with E-state index < -0.39 is 0 Å². The predicted molar refractivity (Wildman–Crippen MR) is 86.7 cm³/mol. The number of rotatable bonds is 6. The minimum Gasteiger partial charge on any atom is -0.327 e. The Morgan fingerprint density at radius 2 is 2.00 bits per heavy atom. The van der Waals surface area contributed by atoms with Crippen LogP contribution in [0.1, 0.15) is 29.8 Å². The molecule has 0 aliphatic carbocycles. The first-order chi connectivity index (χ1) is 9.58. The average Bonchev–Trinajstić information content (AvgIpc) is 2.67. The zero-order valence-corrected chi connectivity index (χ0v) is 13.7. The molecule has 2 rings (SSSR count). The number of aryl methyl sites for hydroxylation is 3. The smallest absolute Gasteiger partial charge is 0.0738 e. The molecule has 1 heterocycles. The Balaban J connectivity index is 1.82. The van der Waals surface area contributed by atoms with Crippen molar-refractivity contribution in [3.05, 3.63) is 51.8 Å². The maximum atomic E-state index is 6.25. The lowest BCUT2D eigenvalue weighted by atomic mass is 10.0. The van der Waals surface area contributed by atoms with Crippen LogP contribution in [0, 0.1) is 6.92 Å². The van der Waals surface area contributed by atoms with Crippen LogP contribution in [0.3, 0.4) is 0 Å². The van der Waals surface area contributed by atoms with Gasteiger partial charge in [0.25, 0.3) is 0 Å². The third kappa shape index (κ3) is 3.93. The number of hydrogen-bond acceptors (Lipinski definition) is 2. The van der Waals surface area contributed by atoms with Crippen LogP contribution in [-0.2, 0) is 19.9 Å². The van der Waals surface area contributed by atoms with E-state index in [1.165, 1.54) is 11.3 Å². The van der Waals surface area contributed by atoms with Crippen molar-refractivity contribution in [2.45, 2.75) is 38.6 Å². The maximum Gasteiger partial charge on any atom is 0.0738 e. The van der Waals surface area contributed by atoms with Crippen molar-refractivity contribution in [2.24, 2.45) is 12.8 Å². The molecule has 0 bridgehead atoms. The van der Waals surface area contributed by atoms with Gasteiger partial charge in [0.2, 0.25) is 0 Å². The first-order valence-electron chi connectivity index (χ1n) is 7.05. The van der Waals surface area contributed by atoms with Gasteiger partial charge < -0.3 is 5.73 Å². The van der Waals surface area contributed by atoms with Crippen LogP contribution in [0.2, 0.25) is 0 Å². The zero-order chi connectivity index (χ0) is 14.5. The molecule has 0 aliphatic heterocycles. The first-order valence-corrected chi connectivity index (χ1v) is 7.84. The number of nitrogens with two attached hydrogens (primary N) is 1. The topological polar surface area (TPSA) is 43.8 Å². The van der Waals surface area contributed by atoms with E-state index in [9.17, 15) is 0 Å². The Morgan fingerprint density at radius 3 is 2.60 bits per heavy atom. The Bertz CT molecular complexity index is 548. The molecule has 1 aromatic heterocycles. The van der Waals surface area contributed by atoms with E-state index >= 15 is 0 Å². The van der Waals surface area contributed by atoms with Crippen LogP contribution >= 0.6 is 15.9 Å². The Kier molecular flexibility index (Phi) is 5.38. The molecule has 0 saturated carbocycles. The summed E-state index contributed by atoms with van der Waals surface area (Å²) in [6, 6.07) is 10.8. The largest absolute Gasteiger partial charge is 0.327 e. The monoisotopic (exact) mass is 335 g/mol. The summed E-state index contributed by atoms with van der Waals surface area (Å²) >= 11 is 3.60. The molecule has 0 spiro atoms. The summed E-state index contributed by atoms with van der Waals surface area (Å²) in [5, 5.41) is 4.41. The SMILES string of the molecule is Cc1nn(C)c(CC(N)CCCc2ccccc2)c1Br. The van der Waals surface area contributed by atoms with E-state index in [0.717, 1.165) is 35.8 Å². The summed E-state index contributed by atoms with van der Waals surface area (Å²) in [5.41, 5.74) is 9.86. The predicted octanol–water partition coefficient (Wildman–Crippen LogP) is 3.38. The highest BCUT2D eigenvalue weighted by Gasteiger charge is 2.14. The van der Waals surface area contributed by atoms with Crippen LogP contribution in [-0.4, -0.2) is 15.8 Å². The molecule has 2 N–H and O–H groups in total. The number of halogens is 1. The summed E-state index contributed by atoms with van der Waals surface area (Å²) in [5.74, 6) is 0. The van der Waals surface area contributed by atoms with Crippen LogP contribution in [0.4, 0.5) is 0 Å². The third-order valence-electron chi connectivity index (χ3n) is 3.60. The Labute approximate surface area is 129 Å². The highest BCUT2D eigenvalue weighted by Crippen LogP contribution is 2.22. The van der Waals surface area contributed by atoms with Crippen molar-refractivity contribution < 1.29 is 0 Å². The van der Waals surface area contributed by atoms with Gasteiger partial charge in [0.1, 0.15) is 0 Å². The van der Waals surface area contributed by atoms with E-state index in [0.29, 0.717) is 0 Å². The summed E-state index contributed by atoms with van der Waals surface area (Å²) < 4.78 is 3.02. The van der Waals surface area contributed by atoms with Gasteiger partial charge in [-0.1, -0.05) is 30.3 Å². The molecule has 0 radical (unpaired) electrons. The van der Waals surface area contributed by atoms with Crippen molar-refractivity contribution in [3.8, 4) is 0 Å². The highest BCUT2D eigenvalue weighted by atomic mass is 79.9. The van der Waals surface area contributed by atoms with Gasteiger partial charge in [-0.3, -0.25) is 4.68 Å². The molecule has 0 saturated heterocycles. The molecule has 0 aliphatic rings. The lowest BCUT2D eigenvalue weighted by molar-refractivity contribution is 0.555. The first kappa shape index (κ1) is 15.3. The van der Waals surface area contributed by atoms with Crippen molar-refractivity contribution in [3.63, 3.8) is 0 Å². The Morgan fingerprint density at radius 1 is 1.30 bits per heavy atom. The van der Waals surface area contributed by atoms with Gasteiger partial charge in [-0.25, -0.2) is 0 Å².